The highest BCUT2D eigenvalue weighted by Crippen LogP contribution is 2.27. The van der Waals surface area contributed by atoms with Crippen molar-refractivity contribution >= 4 is 17.5 Å². The molecule has 2 heterocycles. The average molecular weight is 321 g/mol. The minimum atomic E-state index is -0.323. The van der Waals surface area contributed by atoms with Crippen LogP contribution in [0.4, 0.5) is 21.8 Å². The summed E-state index contributed by atoms with van der Waals surface area (Å²) >= 11 is 0. The molecule has 3 aromatic rings. The molecule has 120 valence electrons. The number of benzene rings is 1. The van der Waals surface area contributed by atoms with E-state index < -0.39 is 0 Å². The number of hydrogen-bond acceptors (Lipinski definition) is 5. The summed E-state index contributed by atoms with van der Waals surface area (Å²) in [4.78, 5) is 13.1. The van der Waals surface area contributed by atoms with Crippen LogP contribution in [0.3, 0.4) is 0 Å². The Bertz CT molecular complexity index is 849. The maximum Gasteiger partial charge on any atom is 0.225 e. The molecule has 1 aliphatic rings. The Kier molecular flexibility index (Phi) is 3.78. The number of rotatable bonds is 5. The molecule has 6 heteroatoms. The van der Waals surface area contributed by atoms with Crippen LogP contribution in [-0.4, -0.2) is 21.0 Å². The Morgan fingerprint density at radius 3 is 2.67 bits per heavy atom. The van der Waals surface area contributed by atoms with Crippen molar-refractivity contribution in [3.63, 3.8) is 0 Å². The second kappa shape index (κ2) is 6.23. The number of hydrogen-bond donors (Lipinski definition) is 2. The molecule has 0 amide bonds. The van der Waals surface area contributed by atoms with Crippen LogP contribution in [0.25, 0.3) is 11.3 Å². The van der Waals surface area contributed by atoms with E-state index in [1.807, 2.05) is 12.1 Å². The second-order valence-corrected chi connectivity index (χ2v) is 5.73. The van der Waals surface area contributed by atoms with E-state index in [4.69, 9.17) is 0 Å². The van der Waals surface area contributed by atoms with Gasteiger partial charge in [0, 0.05) is 30.1 Å². The lowest BCUT2D eigenvalue weighted by Gasteiger charge is -2.11. The molecule has 0 aliphatic heterocycles. The first-order chi connectivity index (χ1) is 11.8. The number of aromatic nitrogens is 3. The van der Waals surface area contributed by atoms with Crippen molar-refractivity contribution in [1.82, 2.24) is 15.0 Å². The summed E-state index contributed by atoms with van der Waals surface area (Å²) in [6, 6.07) is 12.5. The molecule has 24 heavy (non-hydrogen) atoms. The highest BCUT2D eigenvalue weighted by atomic mass is 19.1. The van der Waals surface area contributed by atoms with Gasteiger partial charge in [-0.15, -0.1) is 0 Å². The van der Waals surface area contributed by atoms with Crippen molar-refractivity contribution in [2.24, 2.45) is 0 Å². The third-order valence-corrected chi connectivity index (χ3v) is 3.73. The monoisotopic (exact) mass is 321 g/mol. The fourth-order valence-corrected chi connectivity index (χ4v) is 2.35. The van der Waals surface area contributed by atoms with Crippen molar-refractivity contribution < 1.29 is 4.39 Å². The van der Waals surface area contributed by atoms with Crippen LogP contribution < -0.4 is 10.6 Å². The Balaban J connectivity index is 1.71. The van der Waals surface area contributed by atoms with Crippen molar-refractivity contribution in [3.05, 3.63) is 60.7 Å². The summed E-state index contributed by atoms with van der Waals surface area (Å²) in [7, 11) is 0. The normalized spacial score (nSPS) is 13.5. The Morgan fingerprint density at radius 1 is 1.04 bits per heavy atom. The van der Waals surface area contributed by atoms with Gasteiger partial charge in [0.15, 0.2) is 0 Å². The highest BCUT2D eigenvalue weighted by molar-refractivity contribution is 5.67. The van der Waals surface area contributed by atoms with Gasteiger partial charge in [-0.05, 0) is 37.1 Å². The van der Waals surface area contributed by atoms with Crippen LogP contribution in [0.5, 0.6) is 0 Å². The van der Waals surface area contributed by atoms with Crippen LogP contribution in [0.2, 0.25) is 0 Å². The van der Waals surface area contributed by atoms with Crippen LogP contribution in [-0.2, 0) is 0 Å². The number of nitrogens with one attached hydrogen (secondary N) is 2. The van der Waals surface area contributed by atoms with Crippen molar-refractivity contribution in [2.45, 2.75) is 18.9 Å². The molecule has 1 aromatic carbocycles. The van der Waals surface area contributed by atoms with Crippen LogP contribution in [0, 0.1) is 5.82 Å². The molecule has 5 nitrogen and oxygen atoms in total. The summed E-state index contributed by atoms with van der Waals surface area (Å²) < 4.78 is 13.9. The molecule has 0 radical (unpaired) electrons. The molecular formula is C18H16FN5. The van der Waals surface area contributed by atoms with Crippen molar-refractivity contribution in [3.8, 4) is 11.3 Å². The lowest BCUT2D eigenvalue weighted by Crippen LogP contribution is -2.08. The molecule has 0 bridgehead atoms. The van der Waals surface area contributed by atoms with Crippen LogP contribution in [0.15, 0.2) is 54.9 Å². The third kappa shape index (κ3) is 3.32. The first kappa shape index (κ1) is 14.6. The van der Waals surface area contributed by atoms with E-state index >= 15 is 0 Å². The van der Waals surface area contributed by atoms with Gasteiger partial charge in [-0.2, -0.15) is 4.98 Å². The SMILES string of the molecule is Fc1ccccc1Nc1cc(-c2cccnc2)nc(NC2CC2)n1. The summed E-state index contributed by atoms with van der Waals surface area (Å²) in [6.07, 6.45) is 5.70. The Hall–Kier alpha value is -3.02. The van der Waals surface area contributed by atoms with Gasteiger partial charge in [0.1, 0.15) is 11.6 Å². The molecular weight excluding hydrogens is 305 g/mol. The van der Waals surface area contributed by atoms with E-state index in [0.29, 0.717) is 23.5 Å². The summed E-state index contributed by atoms with van der Waals surface area (Å²) in [6.45, 7) is 0. The molecule has 1 saturated carbocycles. The van der Waals surface area contributed by atoms with E-state index in [1.165, 1.54) is 6.07 Å². The number of anilines is 3. The maximum absolute atomic E-state index is 13.9. The Morgan fingerprint density at radius 2 is 1.92 bits per heavy atom. The van der Waals surface area contributed by atoms with Crippen molar-refractivity contribution in [2.75, 3.05) is 10.6 Å². The second-order valence-electron chi connectivity index (χ2n) is 5.73. The van der Waals surface area contributed by atoms with E-state index in [0.717, 1.165) is 24.1 Å². The van der Waals surface area contributed by atoms with Crippen LogP contribution in [0.1, 0.15) is 12.8 Å². The largest absolute Gasteiger partial charge is 0.351 e. The molecule has 1 aliphatic carbocycles. The van der Waals surface area contributed by atoms with Gasteiger partial charge in [0.05, 0.1) is 11.4 Å². The van der Waals surface area contributed by atoms with E-state index in [2.05, 4.69) is 25.6 Å². The fourth-order valence-electron chi connectivity index (χ4n) is 2.35. The summed E-state index contributed by atoms with van der Waals surface area (Å²) in [5.74, 6) is 0.755. The topological polar surface area (TPSA) is 62.7 Å². The smallest absolute Gasteiger partial charge is 0.225 e. The number of nitrogens with zero attached hydrogens (tertiary/aromatic N) is 3. The highest BCUT2D eigenvalue weighted by Gasteiger charge is 2.22. The van der Waals surface area contributed by atoms with E-state index in [-0.39, 0.29) is 5.82 Å². The third-order valence-electron chi connectivity index (χ3n) is 3.73. The average Bonchev–Trinajstić information content (AvgIpc) is 3.42. The van der Waals surface area contributed by atoms with Gasteiger partial charge in [0.2, 0.25) is 5.95 Å². The van der Waals surface area contributed by atoms with E-state index in [9.17, 15) is 4.39 Å². The molecule has 0 saturated heterocycles. The number of pyridine rings is 1. The zero-order chi connectivity index (χ0) is 16.4. The molecule has 2 N–H and O–H groups in total. The first-order valence-corrected chi connectivity index (χ1v) is 7.85. The summed E-state index contributed by atoms with van der Waals surface area (Å²) in [5, 5.41) is 6.32. The molecule has 4 rings (SSSR count). The summed E-state index contributed by atoms with van der Waals surface area (Å²) in [5.41, 5.74) is 2.00. The predicted octanol–water partition coefficient (Wildman–Crippen LogP) is 4.00. The zero-order valence-corrected chi connectivity index (χ0v) is 12.9. The lowest BCUT2D eigenvalue weighted by molar-refractivity contribution is 0.632. The number of halogens is 1. The van der Waals surface area contributed by atoms with Gasteiger partial charge < -0.3 is 10.6 Å². The standard InChI is InChI=1S/C18H16FN5/c19-14-5-1-2-6-15(14)22-17-10-16(12-4-3-9-20-11-12)23-18(24-17)21-13-7-8-13/h1-6,9-11,13H,7-8H2,(H2,21,22,23,24). The lowest BCUT2D eigenvalue weighted by atomic mass is 10.2. The first-order valence-electron chi connectivity index (χ1n) is 7.85. The van der Waals surface area contributed by atoms with Gasteiger partial charge in [0.25, 0.3) is 0 Å². The molecule has 0 spiro atoms. The molecule has 2 aromatic heterocycles. The zero-order valence-electron chi connectivity index (χ0n) is 12.9. The van der Waals surface area contributed by atoms with Gasteiger partial charge in [-0.3, -0.25) is 4.98 Å². The Labute approximate surface area is 139 Å². The molecule has 0 atom stereocenters. The molecule has 0 unspecified atom stereocenters. The van der Waals surface area contributed by atoms with Gasteiger partial charge >= 0.3 is 0 Å². The van der Waals surface area contributed by atoms with Gasteiger partial charge in [-0.25, -0.2) is 9.37 Å². The van der Waals surface area contributed by atoms with Gasteiger partial charge in [-0.1, -0.05) is 12.1 Å². The maximum atomic E-state index is 13.9. The fraction of sp³-hybridized carbons (Fsp3) is 0.167. The number of para-hydroxylation sites is 1. The van der Waals surface area contributed by atoms with Crippen LogP contribution >= 0.6 is 0 Å². The predicted molar refractivity (Wildman–Crippen MR) is 91.6 cm³/mol. The quantitative estimate of drug-likeness (QED) is 0.744. The van der Waals surface area contributed by atoms with E-state index in [1.54, 1.807) is 36.7 Å². The van der Waals surface area contributed by atoms with Crippen molar-refractivity contribution in [1.29, 1.82) is 0 Å². The molecule has 1 fully saturated rings. The minimum absolute atomic E-state index is 0.323. The minimum Gasteiger partial charge on any atom is -0.351 e.